The fraction of sp³-hybridized carbons (Fsp3) is 0.321. The summed E-state index contributed by atoms with van der Waals surface area (Å²) in [5.74, 6) is -0.806. The largest absolute Gasteiger partial charge is 0.506 e. The summed E-state index contributed by atoms with van der Waals surface area (Å²) >= 11 is 6.60. The number of nitrogens with one attached hydrogen (secondary N) is 4. The third kappa shape index (κ3) is 11.8. The quantitative estimate of drug-likeness (QED) is 0.0476. The number of hydrogen-bond donors (Lipinski definition) is 7. The third-order valence-corrected chi connectivity index (χ3v) is 13.2. The van der Waals surface area contributed by atoms with E-state index in [4.69, 9.17) is 25.8 Å². The summed E-state index contributed by atoms with van der Waals surface area (Å²) in [4.78, 5) is 57.0. The summed E-state index contributed by atoms with van der Waals surface area (Å²) in [5.41, 5.74) is 0.973. The van der Waals surface area contributed by atoms with E-state index in [9.17, 15) is 34.5 Å². The number of esters is 1. The van der Waals surface area contributed by atoms with Crippen molar-refractivity contribution >= 4 is 40.3 Å². The molecule has 360 valence electrons. The molecule has 2 amide bonds. The van der Waals surface area contributed by atoms with E-state index >= 15 is 0 Å². The number of pyridine rings is 1. The average Bonchev–Trinajstić information content (AvgIpc) is 3.35. The van der Waals surface area contributed by atoms with E-state index in [1.165, 1.54) is 24.8 Å². The number of amides is 2. The number of aliphatic hydroxyl groups is 2. The zero-order valence-electron chi connectivity index (χ0n) is 38.2. The van der Waals surface area contributed by atoms with Gasteiger partial charge in [-0.3, -0.25) is 19.3 Å². The lowest BCUT2D eigenvalue weighted by atomic mass is 9.86. The summed E-state index contributed by atoms with van der Waals surface area (Å²) in [7, 11) is 1.48. The summed E-state index contributed by atoms with van der Waals surface area (Å²) in [5, 5.41) is 43.1. The number of carbonyl (C=O) groups is 3. The molecule has 0 spiro atoms. The number of aromatic nitrogens is 1. The van der Waals surface area contributed by atoms with Crippen LogP contribution in [0.4, 0.5) is 0 Å². The second-order valence-electron chi connectivity index (χ2n) is 17.7. The molecule has 2 fully saturated rings. The number of aromatic hydroxyl groups is 1. The second-order valence-corrected chi connectivity index (χ2v) is 18.1. The zero-order valence-corrected chi connectivity index (χ0v) is 38.9. The highest BCUT2D eigenvalue weighted by Gasteiger charge is 2.42. The molecule has 8 rings (SSSR count). The van der Waals surface area contributed by atoms with Gasteiger partial charge in [-0.1, -0.05) is 90.5 Å². The highest BCUT2D eigenvalue weighted by Crippen LogP contribution is 2.35. The lowest BCUT2D eigenvalue weighted by molar-refractivity contribution is -0.164. The molecule has 0 bridgehead atoms. The zero-order chi connectivity index (χ0) is 48.5. The van der Waals surface area contributed by atoms with Crippen molar-refractivity contribution in [2.75, 3.05) is 40.0 Å². The Balaban J connectivity index is 0.793. The fourth-order valence-electron chi connectivity index (χ4n) is 8.98. The Morgan fingerprint density at radius 3 is 2.32 bits per heavy atom. The molecule has 1 saturated carbocycles. The molecule has 5 aromatic carbocycles. The van der Waals surface area contributed by atoms with Gasteiger partial charge in [0.2, 0.25) is 11.2 Å². The van der Waals surface area contributed by atoms with Gasteiger partial charge in [0.15, 0.2) is 6.61 Å². The molecule has 2 heterocycles. The number of likely N-dealkylation sites (tertiary alicyclic amines) is 1. The van der Waals surface area contributed by atoms with Crippen LogP contribution in [0.2, 0.25) is 5.02 Å². The molecule has 0 radical (unpaired) electrons. The van der Waals surface area contributed by atoms with Crippen LogP contribution in [0.25, 0.3) is 10.9 Å². The molecular formula is C53H56ClN5O10. The van der Waals surface area contributed by atoms with Gasteiger partial charge >= 0.3 is 5.97 Å². The van der Waals surface area contributed by atoms with E-state index in [1.54, 1.807) is 78.9 Å². The number of fused-ring (bicyclic) bond motifs is 1. The van der Waals surface area contributed by atoms with Crippen LogP contribution in [0, 0.1) is 5.92 Å². The second kappa shape index (κ2) is 22.1. The molecule has 2 aliphatic rings. The van der Waals surface area contributed by atoms with Gasteiger partial charge in [0.25, 0.3) is 11.8 Å². The first kappa shape index (κ1) is 48.7. The molecule has 7 N–H and O–H groups in total. The van der Waals surface area contributed by atoms with Crippen LogP contribution in [0.5, 0.6) is 17.2 Å². The van der Waals surface area contributed by atoms with E-state index in [0.717, 1.165) is 32.5 Å². The number of piperidine rings is 1. The minimum absolute atomic E-state index is 0.102. The maximum atomic E-state index is 13.9. The van der Waals surface area contributed by atoms with Crippen molar-refractivity contribution in [1.29, 1.82) is 0 Å². The standard InChI is InChI=1S/C53H56ClN5O10/c1-67-47-27-43(44(54)23-35(47)28-55-29-46(61)41-15-17-45(60)50-42(41)16-18-48(62)58-50)51(64)57-39-25-38(26-39)56-49(63)32-68-40-14-8-13-37(24-40)53(66,36-11-6-3-7-12-36)52(65)69-31-34-19-21-59(22-20-34)30-33-9-4-2-5-10-33/h2-18,23-24,27,34,38-39,46,55,60-61,66H,19-22,25-26,28-32H2,1H3,(H,56,63)(H,57,64)(H,58,62)/t38?,39?,46-,53?/m0/s1. The monoisotopic (exact) mass is 957 g/mol. The van der Waals surface area contributed by atoms with E-state index in [2.05, 4.69) is 38.0 Å². The van der Waals surface area contributed by atoms with Gasteiger partial charge in [-0.25, -0.2) is 4.79 Å². The van der Waals surface area contributed by atoms with Crippen molar-refractivity contribution in [3.8, 4) is 17.2 Å². The van der Waals surface area contributed by atoms with Gasteiger partial charge in [0.1, 0.15) is 17.2 Å². The first-order valence-corrected chi connectivity index (χ1v) is 23.4. The molecule has 2 atom stereocenters. The van der Waals surface area contributed by atoms with Crippen LogP contribution in [-0.4, -0.2) is 95.0 Å². The van der Waals surface area contributed by atoms with Crippen LogP contribution in [0.15, 0.2) is 126 Å². The van der Waals surface area contributed by atoms with Crippen molar-refractivity contribution in [3.63, 3.8) is 0 Å². The summed E-state index contributed by atoms with van der Waals surface area (Å²) < 4.78 is 17.3. The van der Waals surface area contributed by atoms with Crippen molar-refractivity contribution in [2.45, 2.75) is 62.6 Å². The Morgan fingerprint density at radius 1 is 0.870 bits per heavy atom. The number of aliphatic hydroxyl groups excluding tert-OH is 1. The summed E-state index contributed by atoms with van der Waals surface area (Å²) in [6.07, 6.45) is 1.73. The van der Waals surface area contributed by atoms with Crippen molar-refractivity contribution < 1.29 is 43.9 Å². The molecule has 15 nitrogen and oxygen atoms in total. The minimum atomic E-state index is -2.13. The summed E-state index contributed by atoms with van der Waals surface area (Å²) in [6, 6.07) is 34.1. The highest BCUT2D eigenvalue weighted by atomic mass is 35.5. The van der Waals surface area contributed by atoms with Crippen LogP contribution in [0.3, 0.4) is 0 Å². The third-order valence-electron chi connectivity index (χ3n) is 12.9. The predicted molar refractivity (Wildman–Crippen MR) is 260 cm³/mol. The van der Waals surface area contributed by atoms with E-state index in [1.807, 2.05) is 18.2 Å². The normalized spacial score (nSPS) is 17.5. The Kier molecular flexibility index (Phi) is 15.6. The molecule has 1 saturated heterocycles. The smallest absolute Gasteiger partial charge is 0.347 e. The Hall–Kier alpha value is -6.75. The fourth-order valence-corrected chi connectivity index (χ4v) is 9.25. The van der Waals surface area contributed by atoms with Gasteiger partial charge in [0, 0.05) is 54.3 Å². The molecule has 1 aromatic heterocycles. The lowest BCUT2D eigenvalue weighted by Gasteiger charge is -2.36. The Bertz CT molecular complexity index is 2820. The average molecular weight is 959 g/mol. The molecule has 1 aliphatic carbocycles. The Labute approximate surface area is 404 Å². The first-order valence-electron chi connectivity index (χ1n) is 23.0. The van der Waals surface area contributed by atoms with Crippen molar-refractivity contribution in [1.82, 2.24) is 25.8 Å². The maximum absolute atomic E-state index is 13.9. The molecular weight excluding hydrogens is 902 g/mol. The topological polar surface area (TPSA) is 212 Å². The van der Waals surface area contributed by atoms with Crippen LogP contribution >= 0.6 is 11.6 Å². The minimum Gasteiger partial charge on any atom is -0.506 e. The van der Waals surface area contributed by atoms with Crippen molar-refractivity contribution in [3.05, 3.63) is 170 Å². The number of ether oxygens (including phenoxy) is 3. The van der Waals surface area contributed by atoms with Crippen LogP contribution < -0.4 is 31.0 Å². The number of nitrogens with zero attached hydrogens (tertiary/aromatic N) is 1. The molecule has 1 unspecified atom stereocenters. The Morgan fingerprint density at radius 2 is 1.58 bits per heavy atom. The number of phenols is 1. The van der Waals surface area contributed by atoms with Gasteiger partial charge in [0.05, 0.1) is 35.9 Å². The highest BCUT2D eigenvalue weighted by molar-refractivity contribution is 6.34. The molecule has 6 aromatic rings. The number of rotatable bonds is 19. The number of H-pyrrole nitrogens is 1. The van der Waals surface area contributed by atoms with E-state index < -0.39 is 23.6 Å². The van der Waals surface area contributed by atoms with E-state index in [-0.39, 0.29) is 88.9 Å². The van der Waals surface area contributed by atoms with Crippen LogP contribution in [-0.2, 0) is 33.0 Å². The maximum Gasteiger partial charge on any atom is 0.347 e. The molecule has 69 heavy (non-hydrogen) atoms. The number of phenolic OH excluding ortho intramolecular Hbond substituents is 1. The number of halogens is 1. The van der Waals surface area contributed by atoms with Crippen LogP contribution in [0.1, 0.15) is 70.0 Å². The lowest BCUT2D eigenvalue weighted by Crippen LogP contribution is -2.54. The van der Waals surface area contributed by atoms with Gasteiger partial charge in [-0.15, -0.1) is 0 Å². The summed E-state index contributed by atoms with van der Waals surface area (Å²) in [6.45, 7) is 2.88. The molecule has 16 heteroatoms. The number of benzene rings is 5. The number of aromatic amines is 1. The number of carbonyl (C=O) groups excluding carboxylic acids is 3. The number of hydrogen-bond acceptors (Lipinski definition) is 12. The number of methoxy groups -OCH3 is 1. The van der Waals surface area contributed by atoms with Gasteiger partial charge in [-0.05, 0) is 97.8 Å². The SMILES string of the molecule is COc1cc(C(=O)NC2CC(NC(=O)COc3cccc(C(O)(C(=O)OCC4CCN(Cc5ccccc5)CC4)c4ccccc4)c3)C2)c(Cl)cc1CNC[C@H](O)c1ccc(O)c2[nH]c(=O)ccc12. The van der Waals surface area contributed by atoms with Gasteiger partial charge in [-0.2, -0.15) is 0 Å². The van der Waals surface area contributed by atoms with Gasteiger partial charge < -0.3 is 50.5 Å². The first-order chi connectivity index (χ1) is 33.4. The molecule has 1 aliphatic heterocycles. The van der Waals surface area contributed by atoms with E-state index in [0.29, 0.717) is 40.7 Å². The predicted octanol–water partition coefficient (Wildman–Crippen LogP) is 5.87. The van der Waals surface area contributed by atoms with Crippen molar-refractivity contribution in [2.24, 2.45) is 5.92 Å².